The Bertz CT molecular complexity index is 762. The van der Waals surface area contributed by atoms with Crippen LogP contribution in [0, 0.1) is 0 Å². The maximum Gasteiger partial charge on any atom is 0.323 e. The molecule has 3 aromatic rings. The fraction of sp³-hybridized carbons (Fsp3) is 0.0833. The van der Waals surface area contributed by atoms with Gasteiger partial charge in [0.05, 0.1) is 28.4 Å². The van der Waals surface area contributed by atoms with Gasteiger partial charge in [0, 0.05) is 6.54 Å². The molecule has 0 aliphatic carbocycles. The zero-order chi connectivity index (χ0) is 13.2. The summed E-state index contributed by atoms with van der Waals surface area (Å²) in [6.45, 7) is 0.560. The van der Waals surface area contributed by atoms with E-state index in [-0.39, 0.29) is 5.69 Å². The lowest BCUT2D eigenvalue weighted by Gasteiger charge is -2.04. The number of nitrogens with zero attached hydrogens (tertiary/aromatic N) is 2. The standard InChI is InChI=1S/C12H10ClN5O/c13-8-5-15-11(16-6-8)14-4-7-1-2-9-10(3-7)18-12(19)17-9/h1-3,5-6H,4H2,(H,14,15,16)(H2,17,18,19). The molecule has 0 spiro atoms. The van der Waals surface area contributed by atoms with Crippen molar-refractivity contribution in [3.05, 3.63) is 51.7 Å². The van der Waals surface area contributed by atoms with Crippen molar-refractivity contribution in [1.82, 2.24) is 19.9 Å². The first-order valence-electron chi connectivity index (χ1n) is 5.63. The molecule has 6 nitrogen and oxygen atoms in total. The minimum atomic E-state index is -0.207. The molecular weight excluding hydrogens is 266 g/mol. The predicted octanol–water partition coefficient (Wildman–Crippen LogP) is 1.91. The molecule has 0 fully saturated rings. The van der Waals surface area contributed by atoms with Crippen molar-refractivity contribution in [3.8, 4) is 0 Å². The number of hydrogen-bond donors (Lipinski definition) is 3. The molecule has 19 heavy (non-hydrogen) atoms. The number of aromatic nitrogens is 4. The summed E-state index contributed by atoms with van der Waals surface area (Å²) >= 11 is 5.71. The normalized spacial score (nSPS) is 10.8. The molecule has 0 unspecified atom stereocenters. The maximum absolute atomic E-state index is 11.2. The second kappa shape index (κ2) is 4.74. The van der Waals surface area contributed by atoms with E-state index in [0.29, 0.717) is 17.5 Å². The number of imidazole rings is 1. The summed E-state index contributed by atoms with van der Waals surface area (Å²) in [5, 5.41) is 3.57. The van der Waals surface area contributed by atoms with E-state index in [2.05, 4.69) is 25.3 Å². The molecular formula is C12H10ClN5O. The smallest absolute Gasteiger partial charge is 0.323 e. The number of benzene rings is 1. The highest BCUT2D eigenvalue weighted by Gasteiger charge is 2.01. The van der Waals surface area contributed by atoms with E-state index < -0.39 is 0 Å². The summed E-state index contributed by atoms with van der Waals surface area (Å²) in [7, 11) is 0. The zero-order valence-corrected chi connectivity index (χ0v) is 10.5. The van der Waals surface area contributed by atoms with Gasteiger partial charge in [0.2, 0.25) is 5.95 Å². The third-order valence-corrected chi connectivity index (χ3v) is 2.85. The lowest BCUT2D eigenvalue weighted by Crippen LogP contribution is -2.03. The van der Waals surface area contributed by atoms with E-state index >= 15 is 0 Å². The summed E-state index contributed by atoms with van der Waals surface area (Å²) in [6, 6.07) is 5.68. The van der Waals surface area contributed by atoms with Crippen LogP contribution < -0.4 is 11.0 Å². The van der Waals surface area contributed by atoms with Gasteiger partial charge in [-0.25, -0.2) is 14.8 Å². The van der Waals surface area contributed by atoms with E-state index in [1.54, 1.807) is 0 Å². The monoisotopic (exact) mass is 275 g/mol. The number of nitrogens with one attached hydrogen (secondary N) is 3. The molecule has 0 saturated carbocycles. The number of H-pyrrole nitrogens is 2. The molecule has 0 saturated heterocycles. The molecule has 3 rings (SSSR count). The minimum absolute atomic E-state index is 0.207. The molecule has 0 aliphatic rings. The molecule has 0 radical (unpaired) electrons. The molecule has 2 aromatic heterocycles. The van der Waals surface area contributed by atoms with Crippen molar-refractivity contribution in [2.45, 2.75) is 6.54 Å². The number of halogens is 1. The van der Waals surface area contributed by atoms with Crippen molar-refractivity contribution in [2.75, 3.05) is 5.32 Å². The Kier molecular flexibility index (Phi) is 2.92. The maximum atomic E-state index is 11.2. The Balaban J connectivity index is 1.77. The molecule has 0 aliphatic heterocycles. The largest absolute Gasteiger partial charge is 0.350 e. The minimum Gasteiger partial charge on any atom is -0.350 e. The Morgan fingerprint density at radius 3 is 2.68 bits per heavy atom. The van der Waals surface area contributed by atoms with Gasteiger partial charge < -0.3 is 15.3 Å². The molecule has 1 aromatic carbocycles. The van der Waals surface area contributed by atoms with Crippen molar-refractivity contribution in [1.29, 1.82) is 0 Å². The van der Waals surface area contributed by atoms with Gasteiger partial charge in [-0.05, 0) is 17.7 Å². The molecule has 0 bridgehead atoms. The molecule has 96 valence electrons. The highest BCUT2D eigenvalue weighted by Crippen LogP contribution is 2.12. The van der Waals surface area contributed by atoms with E-state index in [4.69, 9.17) is 11.6 Å². The first kappa shape index (κ1) is 11.7. The molecule has 2 heterocycles. The van der Waals surface area contributed by atoms with Gasteiger partial charge in [0.1, 0.15) is 0 Å². The summed E-state index contributed by atoms with van der Waals surface area (Å²) in [5.74, 6) is 0.507. The van der Waals surface area contributed by atoms with Gasteiger partial charge in [0.25, 0.3) is 0 Å². The third kappa shape index (κ3) is 2.58. The van der Waals surface area contributed by atoms with Gasteiger partial charge in [-0.2, -0.15) is 0 Å². The topological polar surface area (TPSA) is 86.5 Å². The van der Waals surface area contributed by atoms with Crippen molar-refractivity contribution in [2.24, 2.45) is 0 Å². The Hall–Kier alpha value is -2.34. The van der Waals surface area contributed by atoms with E-state index in [0.717, 1.165) is 16.6 Å². The molecule has 0 atom stereocenters. The predicted molar refractivity (Wildman–Crippen MR) is 73.3 cm³/mol. The zero-order valence-electron chi connectivity index (χ0n) is 9.77. The molecule has 7 heteroatoms. The fourth-order valence-corrected chi connectivity index (χ4v) is 1.87. The van der Waals surface area contributed by atoms with Crippen LogP contribution in [-0.2, 0) is 6.54 Å². The quantitative estimate of drug-likeness (QED) is 0.681. The van der Waals surface area contributed by atoms with Crippen LogP contribution in [0.2, 0.25) is 5.02 Å². The average molecular weight is 276 g/mol. The average Bonchev–Trinajstić information content (AvgIpc) is 2.77. The first-order valence-corrected chi connectivity index (χ1v) is 6.01. The third-order valence-electron chi connectivity index (χ3n) is 2.65. The van der Waals surface area contributed by atoms with Gasteiger partial charge in [-0.1, -0.05) is 17.7 Å². The number of hydrogen-bond acceptors (Lipinski definition) is 4. The van der Waals surface area contributed by atoms with Gasteiger partial charge in [-0.3, -0.25) is 0 Å². The van der Waals surface area contributed by atoms with E-state index in [9.17, 15) is 4.79 Å². The SMILES string of the molecule is O=c1[nH]c2ccc(CNc3ncc(Cl)cn3)cc2[nH]1. The Morgan fingerprint density at radius 2 is 1.89 bits per heavy atom. The summed E-state index contributed by atoms with van der Waals surface area (Å²) in [5.41, 5.74) is 2.38. The highest BCUT2D eigenvalue weighted by atomic mass is 35.5. The number of rotatable bonds is 3. The number of aromatic amines is 2. The number of fused-ring (bicyclic) bond motifs is 1. The van der Waals surface area contributed by atoms with Gasteiger partial charge in [0.15, 0.2) is 0 Å². The van der Waals surface area contributed by atoms with Crippen molar-refractivity contribution in [3.63, 3.8) is 0 Å². The lowest BCUT2D eigenvalue weighted by molar-refractivity contribution is 1.06. The fourth-order valence-electron chi connectivity index (χ4n) is 1.77. The van der Waals surface area contributed by atoms with Gasteiger partial charge in [-0.15, -0.1) is 0 Å². The second-order valence-corrected chi connectivity index (χ2v) is 4.47. The molecule has 3 N–H and O–H groups in total. The Labute approximate surface area is 112 Å². The van der Waals surface area contributed by atoms with Gasteiger partial charge >= 0.3 is 5.69 Å². The van der Waals surface area contributed by atoms with Crippen LogP contribution in [0.15, 0.2) is 35.4 Å². The second-order valence-electron chi connectivity index (χ2n) is 4.04. The van der Waals surface area contributed by atoms with Crippen LogP contribution >= 0.6 is 11.6 Å². The molecule has 0 amide bonds. The summed E-state index contributed by atoms with van der Waals surface area (Å²) in [6.07, 6.45) is 3.06. The summed E-state index contributed by atoms with van der Waals surface area (Å²) in [4.78, 5) is 24.6. The van der Waals surface area contributed by atoms with Crippen LogP contribution in [-0.4, -0.2) is 19.9 Å². The summed E-state index contributed by atoms with van der Waals surface area (Å²) < 4.78 is 0. The van der Waals surface area contributed by atoms with Crippen LogP contribution in [0.4, 0.5) is 5.95 Å². The first-order chi connectivity index (χ1) is 9.20. The Morgan fingerprint density at radius 1 is 1.16 bits per heavy atom. The lowest BCUT2D eigenvalue weighted by atomic mass is 10.2. The van der Waals surface area contributed by atoms with Crippen LogP contribution in [0.25, 0.3) is 11.0 Å². The van der Waals surface area contributed by atoms with Crippen LogP contribution in [0.1, 0.15) is 5.56 Å². The van der Waals surface area contributed by atoms with Crippen molar-refractivity contribution < 1.29 is 0 Å². The van der Waals surface area contributed by atoms with E-state index in [1.165, 1.54) is 12.4 Å². The van der Waals surface area contributed by atoms with Crippen LogP contribution in [0.5, 0.6) is 0 Å². The van der Waals surface area contributed by atoms with Crippen LogP contribution in [0.3, 0.4) is 0 Å². The highest BCUT2D eigenvalue weighted by molar-refractivity contribution is 6.30. The van der Waals surface area contributed by atoms with E-state index in [1.807, 2.05) is 18.2 Å². The van der Waals surface area contributed by atoms with Crippen molar-refractivity contribution >= 4 is 28.6 Å². The number of anilines is 1.